The fraction of sp³-hybridized carbons (Fsp3) is 0.333. The number of hydrogen-bond acceptors (Lipinski definition) is 3. The monoisotopic (exact) mass is 339 g/mol. The fourth-order valence-corrected chi connectivity index (χ4v) is 3.02. The van der Waals surface area contributed by atoms with Gasteiger partial charge in [-0.3, -0.25) is 0 Å². The van der Waals surface area contributed by atoms with Gasteiger partial charge in [0.25, 0.3) is 0 Å². The largest absolute Gasteiger partial charge is 0.492 e. The fourth-order valence-electron chi connectivity index (χ4n) is 1.72. The lowest BCUT2D eigenvalue weighted by Gasteiger charge is -2.07. The van der Waals surface area contributed by atoms with E-state index in [0.29, 0.717) is 6.61 Å². The molecule has 0 saturated carbocycles. The van der Waals surface area contributed by atoms with Crippen LogP contribution < -0.4 is 10.1 Å². The van der Waals surface area contributed by atoms with Crippen molar-refractivity contribution in [1.29, 1.82) is 0 Å². The quantitative estimate of drug-likeness (QED) is 0.761. The molecule has 0 spiro atoms. The van der Waals surface area contributed by atoms with Crippen molar-refractivity contribution in [3.05, 3.63) is 50.6 Å². The SMILES string of the molecule is CCc1ccc(CNCCOc2cccc(Br)c2)s1. The summed E-state index contributed by atoms with van der Waals surface area (Å²) in [5, 5.41) is 3.40. The van der Waals surface area contributed by atoms with Gasteiger partial charge < -0.3 is 10.1 Å². The molecule has 0 radical (unpaired) electrons. The van der Waals surface area contributed by atoms with Crippen LogP contribution >= 0.6 is 27.3 Å². The van der Waals surface area contributed by atoms with Crippen LogP contribution in [0.15, 0.2) is 40.9 Å². The summed E-state index contributed by atoms with van der Waals surface area (Å²) in [4.78, 5) is 2.83. The Kier molecular flexibility index (Phi) is 5.89. The summed E-state index contributed by atoms with van der Waals surface area (Å²) >= 11 is 5.31. The molecule has 0 aliphatic carbocycles. The second-order valence-electron chi connectivity index (χ2n) is 4.20. The minimum absolute atomic E-state index is 0.683. The van der Waals surface area contributed by atoms with Crippen LogP contribution in [0.1, 0.15) is 16.7 Å². The van der Waals surface area contributed by atoms with E-state index in [1.807, 2.05) is 35.6 Å². The van der Waals surface area contributed by atoms with Crippen molar-refractivity contribution in [3.63, 3.8) is 0 Å². The molecular formula is C15H18BrNOS. The number of nitrogens with one attached hydrogen (secondary N) is 1. The van der Waals surface area contributed by atoms with E-state index in [1.165, 1.54) is 9.75 Å². The zero-order valence-corrected chi connectivity index (χ0v) is 13.4. The lowest BCUT2D eigenvalue weighted by molar-refractivity contribution is 0.313. The molecule has 0 saturated heterocycles. The molecule has 0 aliphatic heterocycles. The van der Waals surface area contributed by atoms with Gasteiger partial charge in [-0.05, 0) is 36.8 Å². The standard InChI is InChI=1S/C15H18BrNOS/c1-2-14-6-7-15(19-14)11-17-8-9-18-13-5-3-4-12(16)10-13/h3-7,10,17H,2,8-9,11H2,1H3. The van der Waals surface area contributed by atoms with E-state index in [4.69, 9.17) is 4.74 Å². The second-order valence-corrected chi connectivity index (χ2v) is 6.37. The average Bonchev–Trinajstić information content (AvgIpc) is 2.86. The van der Waals surface area contributed by atoms with E-state index in [1.54, 1.807) is 0 Å². The molecule has 2 aromatic rings. The minimum Gasteiger partial charge on any atom is -0.492 e. The first kappa shape index (κ1) is 14.6. The molecular weight excluding hydrogens is 322 g/mol. The Morgan fingerprint density at radius 1 is 1.21 bits per heavy atom. The summed E-state index contributed by atoms with van der Waals surface area (Å²) in [5.74, 6) is 0.903. The third-order valence-corrected chi connectivity index (χ3v) is 4.43. The topological polar surface area (TPSA) is 21.3 Å². The van der Waals surface area contributed by atoms with Gasteiger partial charge in [-0.1, -0.05) is 28.9 Å². The number of rotatable bonds is 7. The molecule has 0 amide bonds. The Morgan fingerprint density at radius 2 is 2.05 bits per heavy atom. The van der Waals surface area contributed by atoms with Crippen molar-refractivity contribution in [1.82, 2.24) is 5.32 Å². The molecule has 0 fully saturated rings. The second kappa shape index (κ2) is 7.68. The number of benzene rings is 1. The zero-order chi connectivity index (χ0) is 13.5. The molecule has 2 rings (SSSR count). The van der Waals surface area contributed by atoms with Crippen LogP contribution in [0.5, 0.6) is 5.75 Å². The molecule has 0 unspecified atom stereocenters. The maximum atomic E-state index is 5.66. The van der Waals surface area contributed by atoms with Gasteiger partial charge in [-0.25, -0.2) is 0 Å². The minimum atomic E-state index is 0.683. The summed E-state index contributed by atoms with van der Waals surface area (Å²) in [5.41, 5.74) is 0. The van der Waals surface area contributed by atoms with Gasteiger partial charge in [0.2, 0.25) is 0 Å². The summed E-state index contributed by atoms with van der Waals surface area (Å²) in [6.45, 7) is 4.65. The van der Waals surface area contributed by atoms with Crippen LogP contribution in [0.4, 0.5) is 0 Å². The molecule has 4 heteroatoms. The van der Waals surface area contributed by atoms with Crippen molar-refractivity contribution in [2.45, 2.75) is 19.9 Å². The highest BCUT2D eigenvalue weighted by Crippen LogP contribution is 2.18. The first-order valence-electron chi connectivity index (χ1n) is 6.44. The van der Waals surface area contributed by atoms with Gasteiger partial charge in [0.15, 0.2) is 0 Å². The summed E-state index contributed by atoms with van der Waals surface area (Å²) in [6.07, 6.45) is 1.12. The summed E-state index contributed by atoms with van der Waals surface area (Å²) in [7, 11) is 0. The predicted octanol–water partition coefficient (Wildman–Crippen LogP) is 4.24. The molecule has 1 heterocycles. The summed E-state index contributed by atoms with van der Waals surface area (Å²) < 4.78 is 6.71. The van der Waals surface area contributed by atoms with Crippen LogP contribution in [0, 0.1) is 0 Å². The van der Waals surface area contributed by atoms with E-state index >= 15 is 0 Å². The smallest absolute Gasteiger partial charge is 0.120 e. The van der Waals surface area contributed by atoms with E-state index in [2.05, 4.69) is 40.3 Å². The van der Waals surface area contributed by atoms with E-state index in [9.17, 15) is 0 Å². The molecule has 19 heavy (non-hydrogen) atoms. The zero-order valence-electron chi connectivity index (χ0n) is 11.0. The molecule has 0 bridgehead atoms. The number of halogens is 1. The van der Waals surface area contributed by atoms with Crippen LogP contribution in [-0.2, 0) is 13.0 Å². The van der Waals surface area contributed by atoms with Gasteiger partial charge in [0.05, 0.1) is 0 Å². The van der Waals surface area contributed by atoms with E-state index in [-0.39, 0.29) is 0 Å². The lowest BCUT2D eigenvalue weighted by atomic mass is 10.3. The molecule has 1 aromatic carbocycles. The molecule has 102 valence electrons. The van der Waals surface area contributed by atoms with Gasteiger partial charge in [0, 0.05) is 27.3 Å². The lowest BCUT2D eigenvalue weighted by Crippen LogP contribution is -2.20. The van der Waals surface area contributed by atoms with Crippen molar-refractivity contribution in [3.8, 4) is 5.75 Å². The Morgan fingerprint density at radius 3 is 2.79 bits per heavy atom. The van der Waals surface area contributed by atoms with E-state index < -0.39 is 0 Å². The number of ether oxygens (including phenoxy) is 1. The normalized spacial score (nSPS) is 10.6. The Labute approximate surface area is 126 Å². The molecule has 1 aromatic heterocycles. The van der Waals surface area contributed by atoms with Gasteiger partial charge in [0.1, 0.15) is 12.4 Å². The number of hydrogen-bond donors (Lipinski definition) is 1. The first-order chi connectivity index (χ1) is 9.28. The molecule has 2 nitrogen and oxygen atoms in total. The Balaban J connectivity index is 1.64. The van der Waals surface area contributed by atoms with Crippen molar-refractivity contribution in [2.24, 2.45) is 0 Å². The highest BCUT2D eigenvalue weighted by molar-refractivity contribution is 9.10. The van der Waals surface area contributed by atoms with Gasteiger partial charge in [-0.15, -0.1) is 11.3 Å². The van der Waals surface area contributed by atoms with Gasteiger partial charge in [-0.2, -0.15) is 0 Å². The van der Waals surface area contributed by atoms with Crippen molar-refractivity contribution < 1.29 is 4.74 Å². The molecule has 1 N–H and O–H groups in total. The predicted molar refractivity (Wildman–Crippen MR) is 85.0 cm³/mol. The maximum Gasteiger partial charge on any atom is 0.120 e. The highest BCUT2D eigenvalue weighted by Gasteiger charge is 1.98. The molecule has 0 aliphatic rings. The third-order valence-electron chi connectivity index (χ3n) is 2.71. The number of thiophene rings is 1. The van der Waals surface area contributed by atoms with Crippen LogP contribution in [0.3, 0.4) is 0 Å². The van der Waals surface area contributed by atoms with Crippen molar-refractivity contribution in [2.75, 3.05) is 13.2 Å². The maximum absolute atomic E-state index is 5.66. The van der Waals surface area contributed by atoms with Crippen LogP contribution in [-0.4, -0.2) is 13.2 Å². The molecule has 0 atom stereocenters. The van der Waals surface area contributed by atoms with Crippen molar-refractivity contribution >= 4 is 27.3 Å². The van der Waals surface area contributed by atoms with E-state index in [0.717, 1.165) is 29.7 Å². The van der Waals surface area contributed by atoms with Crippen LogP contribution in [0.2, 0.25) is 0 Å². The van der Waals surface area contributed by atoms with Gasteiger partial charge >= 0.3 is 0 Å². The average molecular weight is 340 g/mol. The highest BCUT2D eigenvalue weighted by atomic mass is 79.9. The van der Waals surface area contributed by atoms with Crippen LogP contribution in [0.25, 0.3) is 0 Å². The summed E-state index contributed by atoms with van der Waals surface area (Å²) in [6, 6.07) is 12.3. The Hall–Kier alpha value is -0.840. The first-order valence-corrected chi connectivity index (χ1v) is 8.05. The number of aryl methyl sites for hydroxylation is 1. The third kappa shape index (κ3) is 4.97. The Bertz CT molecular complexity index is 512.